The van der Waals surface area contributed by atoms with Gasteiger partial charge in [-0.15, -0.1) is 0 Å². The summed E-state index contributed by atoms with van der Waals surface area (Å²) >= 11 is 0. The first kappa shape index (κ1) is 17.4. The van der Waals surface area contributed by atoms with E-state index in [-0.39, 0.29) is 5.97 Å². The van der Waals surface area contributed by atoms with Crippen molar-refractivity contribution in [3.05, 3.63) is 90.5 Å². The van der Waals surface area contributed by atoms with Gasteiger partial charge in [-0.25, -0.2) is 4.79 Å². The summed E-state index contributed by atoms with van der Waals surface area (Å²) in [4.78, 5) is 12.3. The second-order valence-corrected chi connectivity index (χ2v) is 7.44. The Kier molecular flexibility index (Phi) is 4.06. The van der Waals surface area contributed by atoms with E-state index in [1.54, 1.807) is 13.0 Å². The van der Waals surface area contributed by atoms with Gasteiger partial charge in [0.2, 0.25) is 0 Å². The monoisotopic (exact) mass is 376 g/mol. The number of ether oxygens (including phenoxy) is 1. The van der Waals surface area contributed by atoms with E-state index in [9.17, 15) is 4.79 Å². The Balaban J connectivity index is 1.72. The van der Waals surface area contributed by atoms with Gasteiger partial charge < -0.3 is 4.74 Å². The predicted molar refractivity (Wildman–Crippen MR) is 122 cm³/mol. The van der Waals surface area contributed by atoms with Crippen LogP contribution in [0.1, 0.15) is 13.8 Å². The van der Waals surface area contributed by atoms with Gasteiger partial charge in [-0.05, 0) is 94.0 Å². The summed E-state index contributed by atoms with van der Waals surface area (Å²) in [5.41, 5.74) is 0.598. The SMILES string of the molecule is CC=C(C)C(=O)Oc1cccc2cc3cc4cc5ccccc5cc4cc3cc12. The van der Waals surface area contributed by atoms with E-state index >= 15 is 0 Å². The maximum Gasteiger partial charge on any atom is 0.338 e. The third kappa shape index (κ3) is 3.03. The molecule has 0 aliphatic rings. The summed E-state index contributed by atoms with van der Waals surface area (Å²) in [6, 6.07) is 27.5. The predicted octanol–water partition coefficient (Wildman–Crippen LogP) is 7.17. The molecule has 0 spiro atoms. The number of rotatable bonds is 2. The fraction of sp³-hybridized carbons (Fsp3) is 0.0741. The van der Waals surface area contributed by atoms with E-state index in [2.05, 4.69) is 66.7 Å². The minimum absolute atomic E-state index is 0.315. The maximum atomic E-state index is 12.3. The Morgan fingerprint density at radius 2 is 1.21 bits per heavy atom. The summed E-state index contributed by atoms with van der Waals surface area (Å²) in [5, 5.41) is 9.21. The first-order valence-electron chi connectivity index (χ1n) is 9.76. The summed E-state index contributed by atoms with van der Waals surface area (Å²) in [6.45, 7) is 3.60. The van der Waals surface area contributed by atoms with E-state index in [1.807, 2.05) is 19.1 Å². The molecule has 0 bridgehead atoms. The zero-order valence-electron chi connectivity index (χ0n) is 16.4. The highest BCUT2D eigenvalue weighted by Gasteiger charge is 2.11. The highest BCUT2D eigenvalue weighted by Crippen LogP contribution is 2.33. The molecule has 29 heavy (non-hydrogen) atoms. The van der Waals surface area contributed by atoms with Crippen LogP contribution < -0.4 is 4.74 Å². The Morgan fingerprint density at radius 1 is 0.690 bits per heavy atom. The molecule has 5 rings (SSSR count). The molecule has 0 radical (unpaired) electrons. The van der Waals surface area contributed by atoms with Crippen molar-refractivity contribution in [2.45, 2.75) is 13.8 Å². The largest absolute Gasteiger partial charge is 0.423 e. The van der Waals surface area contributed by atoms with Crippen molar-refractivity contribution in [3.63, 3.8) is 0 Å². The van der Waals surface area contributed by atoms with Crippen LogP contribution in [0, 0.1) is 0 Å². The average molecular weight is 376 g/mol. The number of allylic oxidation sites excluding steroid dienone is 1. The number of hydrogen-bond donors (Lipinski definition) is 0. The van der Waals surface area contributed by atoms with Crippen LogP contribution in [0.25, 0.3) is 43.1 Å². The molecule has 0 amide bonds. The van der Waals surface area contributed by atoms with Gasteiger partial charge in [-0.1, -0.05) is 42.5 Å². The molecule has 0 aliphatic carbocycles. The molecular weight excluding hydrogens is 356 g/mol. The smallest absolute Gasteiger partial charge is 0.338 e. The normalized spacial score (nSPS) is 12.1. The van der Waals surface area contributed by atoms with Gasteiger partial charge in [0, 0.05) is 11.0 Å². The quantitative estimate of drug-likeness (QED) is 0.141. The van der Waals surface area contributed by atoms with Gasteiger partial charge in [0.1, 0.15) is 5.75 Å². The van der Waals surface area contributed by atoms with Gasteiger partial charge >= 0.3 is 5.97 Å². The summed E-state index contributed by atoms with van der Waals surface area (Å²) < 4.78 is 5.67. The molecule has 0 aromatic heterocycles. The third-order valence-corrected chi connectivity index (χ3v) is 5.58. The standard InChI is InChI=1S/C27H20O2/c1-3-17(2)27(28)29-26-10-6-9-20-13-23-14-21-11-18-7-4-5-8-19(18)12-22(21)15-24(23)16-25(20)26/h3-16H,1-2H3. The topological polar surface area (TPSA) is 26.3 Å². The molecule has 5 aromatic carbocycles. The lowest BCUT2D eigenvalue weighted by Crippen LogP contribution is -2.09. The maximum absolute atomic E-state index is 12.3. The van der Waals surface area contributed by atoms with Crippen molar-refractivity contribution in [1.29, 1.82) is 0 Å². The minimum atomic E-state index is -0.315. The third-order valence-electron chi connectivity index (χ3n) is 5.58. The number of carbonyl (C=O) groups is 1. The van der Waals surface area contributed by atoms with Gasteiger partial charge in [0.15, 0.2) is 0 Å². The van der Waals surface area contributed by atoms with Crippen molar-refractivity contribution in [2.24, 2.45) is 0 Å². The first-order valence-corrected chi connectivity index (χ1v) is 9.76. The number of benzene rings is 5. The minimum Gasteiger partial charge on any atom is -0.423 e. The summed E-state index contributed by atoms with van der Waals surface area (Å²) in [7, 11) is 0. The molecule has 0 aliphatic heterocycles. The molecular formula is C27H20O2. The van der Waals surface area contributed by atoms with Crippen LogP contribution in [-0.2, 0) is 4.79 Å². The van der Waals surface area contributed by atoms with Gasteiger partial charge in [0.05, 0.1) is 0 Å². The fourth-order valence-corrected chi connectivity index (χ4v) is 3.83. The van der Waals surface area contributed by atoms with Crippen LogP contribution in [0.3, 0.4) is 0 Å². The first-order chi connectivity index (χ1) is 14.1. The molecule has 0 saturated heterocycles. The lowest BCUT2D eigenvalue weighted by Gasteiger charge is -2.10. The van der Waals surface area contributed by atoms with Crippen LogP contribution >= 0.6 is 0 Å². The van der Waals surface area contributed by atoms with E-state index in [0.717, 1.165) is 16.2 Å². The highest BCUT2D eigenvalue weighted by atomic mass is 16.5. The molecule has 2 heteroatoms. The van der Waals surface area contributed by atoms with Crippen molar-refractivity contribution >= 4 is 49.1 Å². The van der Waals surface area contributed by atoms with Crippen LogP contribution in [0.2, 0.25) is 0 Å². The Hall–Kier alpha value is -3.65. The van der Waals surface area contributed by atoms with Crippen LogP contribution in [0.5, 0.6) is 5.75 Å². The van der Waals surface area contributed by atoms with Crippen molar-refractivity contribution in [3.8, 4) is 5.75 Å². The number of hydrogen-bond acceptors (Lipinski definition) is 2. The molecule has 0 unspecified atom stereocenters. The number of carbonyl (C=O) groups excluding carboxylic acids is 1. The van der Waals surface area contributed by atoms with Gasteiger partial charge in [-0.3, -0.25) is 0 Å². The molecule has 0 saturated carbocycles. The highest BCUT2D eigenvalue weighted by molar-refractivity contribution is 6.09. The van der Waals surface area contributed by atoms with Crippen LogP contribution in [0.4, 0.5) is 0 Å². The van der Waals surface area contributed by atoms with Crippen LogP contribution in [-0.4, -0.2) is 5.97 Å². The zero-order chi connectivity index (χ0) is 20.0. The van der Waals surface area contributed by atoms with Crippen molar-refractivity contribution in [2.75, 3.05) is 0 Å². The van der Waals surface area contributed by atoms with E-state index in [0.29, 0.717) is 11.3 Å². The zero-order valence-corrected chi connectivity index (χ0v) is 16.4. The molecule has 5 aromatic rings. The lowest BCUT2D eigenvalue weighted by atomic mass is 9.97. The molecule has 0 N–H and O–H groups in total. The summed E-state index contributed by atoms with van der Waals surface area (Å²) in [5.74, 6) is 0.277. The molecule has 2 nitrogen and oxygen atoms in total. The van der Waals surface area contributed by atoms with Gasteiger partial charge in [-0.2, -0.15) is 0 Å². The second kappa shape index (κ2) is 6.75. The Labute approximate surface area is 169 Å². The van der Waals surface area contributed by atoms with E-state index in [1.165, 1.54) is 26.9 Å². The number of fused-ring (bicyclic) bond motifs is 4. The second-order valence-electron chi connectivity index (χ2n) is 7.44. The van der Waals surface area contributed by atoms with Gasteiger partial charge in [0.25, 0.3) is 0 Å². The summed E-state index contributed by atoms with van der Waals surface area (Å²) in [6.07, 6.45) is 1.76. The van der Waals surface area contributed by atoms with E-state index in [4.69, 9.17) is 4.74 Å². The molecule has 0 heterocycles. The van der Waals surface area contributed by atoms with Crippen molar-refractivity contribution in [1.82, 2.24) is 0 Å². The number of esters is 1. The Morgan fingerprint density at radius 3 is 1.83 bits per heavy atom. The van der Waals surface area contributed by atoms with E-state index < -0.39 is 0 Å². The lowest BCUT2D eigenvalue weighted by molar-refractivity contribution is -0.130. The fourth-order valence-electron chi connectivity index (χ4n) is 3.83. The van der Waals surface area contributed by atoms with Crippen molar-refractivity contribution < 1.29 is 9.53 Å². The van der Waals surface area contributed by atoms with Crippen LogP contribution in [0.15, 0.2) is 90.5 Å². The average Bonchev–Trinajstić information content (AvgIpc) is 2.74. The Bertz CT molecular complexity index is 1460. The molecule has 0 fully saturated rings. The molecule has 0 atom stereocenters. The molecule has 140 valence electrons.